The molecule has 2 heterocycles. The number of anilines is 2. The van der Waals surface area contributed by atoms with Gasteiger partial charge in [-0.3, -0.25) is 4.79 Å². The number of morpholine rings is 1. The Hall–Kier alpha value is -3.47. The van der Waals surface area contributed by atoms with Crippen LogP contribution in [0.2, 0.25) is 0 Å². The van der Waals surface area contributed by atoms with Gasteiger partial charge in [-0.25, -0.2) is 4.79 Å². The van der Waals surface area contributed by atoms with Crippen molar-refractivity contribution in [2.45, 2.75) is 19.2 Å². The van der Waals surface area contributed by atoms with E-state index in [1.807, 2.05) is 4.90 Å². The molecule has 1 unspecified atom stereocenters. The molecular weight excluding hydrogens is 457 g/mol. The highest BCUT2D eigenvalue weighted by molar-refractivity contribution is 5.99. The number of alkyl halides is 3. The molecule has 1 saturated heterocycles. The van der Waals surface area contributed by atoms with Crippen molar-refractivity contribution in [3.05, 3.63) is 47.5 Å². The smallest absolute Gasteiger partial charge is 0.416 e. The molecule has 11 heteroatoms. The van der Waals surface area contributed by atoms with Gasteiger partial charge >= 0.3 is 12.1 Å². The molecule has 1 N–H and O–H groups in total. The van der Waals surface area contributed by atoms with Crippen LogP contribution < -0.4 is 19.7 Å². The standard InChI is InChI=1S/C23H23F3N2O6/c1-14(34-22(30)15-2-5-19-20(12-15)33-11-10-32-19)21(29)27-17-13-16(23(24,25)26)3-4-18(17)28-6-8-31-9-7-28/h2-5,12-14H,6-11H2,1H3,(H,27,29). The second kappa shape index (κ2) is 9.80. The quantitative estimate of drug-likeness (QED) is 0.656. The Kier molecular flexibility index (Phi) is 6.82. The van der Waals surface area contributed by atoms with Gasteiger partial charge in [0.25, 0.3) is 5.91 Å². The predicted octanol–water partition coefficient (Wildman–Crippen LogP) is 3.50. The van der Waals surface area contributed by atoms with Crippen molar-refractivity contribution >= 4 is 23.3 Å². The largest absolute Gasteiger partial charge is 0.486 e. The molecule has 0 aliphatic carbocycles. The Balaban J connectivity index is 1.49. The molecule has 0 radical (unpaired) electrons. The first kappa shape index (κ1) is 23.7. The van der Waals surface area contributed by atoms with Crippen LogP contribution in [0.1, 0.15) is 22.8 Å². The molecule has 0 saturated carbocycles. The van der Waals surface area contributed by atoms with Gasteiger partial charge < -0.3 is 29.2 Å². The fraction of sp³-hybridized carbons (Fsp3) is 0.391. The highest BCUT2D eigenvalue weighted by Crippen LogP contribution is 2.36. The van der Waals surface area contributed by atoms with E-state index in [2.05, 4.69) is 5.32 Å². The Bertz CT molecular complexity index is 1070. The van der Waals surface area contributed by atoms with Crippen LogP contribution in [-0.2, 0) is 20.4 Å². The van der Waals surface area contributed by atoms with Crippen molar-refractivity contribution < 1.29 is 41.7 Å². The Morgan fingerprint density at radius 1 is 1.00 bits per heavy atom. The number of nitrogens with zero attached hydrogens (tertiary/aromatic N) is 1. The van der Waals surface area contributed by atoms with Gasteiger partial charge in [-0.15, -0.1) is 0 Å². The SMILES string of the molecule is CC(OC(=O)c1ccc2c(c1)OCCO2)C(=O)Nc1cc(C(F)(F)F)ccc1N1CCOCC1. The number of amides is 1. The second-order valence-corrected chi connectivity index (χ2v) is 7.72. The van der Waals surface area contributed by atoms with E-state index in [1.165, 1.54) is 25.1 Å². The maximum absolute atomic E-state index is 13.3. The van der Waals surface area contributed by atoms with Crippen LogP contribution in [0.5, 0.6) is 11.5 Å². The lowest BCUT2D eigenvalue weighted by atomic mass is 10.1. The second-order valence-electron chi connectivity index (χ2n) is 7.72. The first-order valence-electron chi connectivity index (χ1n) is 10.7. The van der Waals surface area contributed by atoms with Crippen molar-refractivity contribution in [1.82, 2.24) is 0 Å². The summed E-state index contributed by atoms with van der Waals surface area (Å²) in [5.74, 6) is -0.664. The molecule has 2 aromatic carbocycles. The summed E-state index contributed by atoms with van der Waals surface area (Å²) in [6, 6.07) is 7.64. The molecule has 1 amide bonds. The molecule has 0 spiro atoms. The van der Waals surface area contributed by atoms with Crippen molar-refractivity contribution in [2.75, 3.05) is 49.7 Å². The molecule has 8 nitrogen and oxygen atoms in total. The topological polar surface area (TPSA) is 86.3 Å². The third-order valence-electron chi connectivity index (χ3n) is 5.36. The number of hydrogen-bond acceptors (Lipinski definition) is 7. The van der Waals surface area contributed by atoms with Crippen LogP contribution in [-0.4, -0.2) is 57.5 Å². The molecule has 34 heavy (non-hydrogen) atoms. The molecule has 0 aromatic heterocycles. The number of ether oxygens (including phenoxy) is 4. The molecule has 4 rings (SSSR count). The summed E-state index contributed by atoms with van der Waals surface area (Å²) in [5.41, 5.74) is -0.350. The number of benzene rings is 2. The predicted molar refractivity (Wildman–Crippen MR) is 115 cm³/mol. The highest BCUT2D eigenvalue weighted by atomic mass is 19.4. The third-order valence-corrected chi connectivity index (χ3v) is 5.36. The average Bonchev–Trinajstić information content (AvgIpc) is 2.83. The molecule has 1 fully saturated rings. The third kappa shape index (κ3) is 5.36. The number of rotatable bonds is 5. The van der Waals surface area contributed by atoms with Crippen LogP contribution in [0, 0.1) is 0 Å². The van der Waals surface area contributed by atoms with Gasteiger partial charge in [-0.1, -0.05) is 0 Å². The van der Waals surface area contributed by atoms with Gasteiger partial charge in [0.2, 0.25) is 0 Å². The summed E-state index contributed by atoms with van der Waals surface area (Å²) in [6.45, 7) is 3.83. The lowest BCUT2D eigenvalue weighted by Gasteiger charge is -2.31. The van der Waals surface area contributed by atoms with E-state index in [4.69, 9.17) is 18.9 Å². The van der Waals surface area contributed by atoms with Gasteiger partial charge in [-0.05, 0) is 43.3 Å². The summed E-state index contributed by atoms with van der Waals surface area (Å²) in [6.07, 6.45) is -5.85. The van der Waals surface area contributed by atoms with Gasteiger partial charge in [0, 0.05) is 13.1 Å². The summed E-state index contributed by atoms with van der Waals surface area (Å²) >= 11 is 0. The van der Waals surface area contributed by atoms with Crippen LogP contribution in [0.25, 0.3) is 0 Å². The first-order valence-corrected chi connectivity index (χ1v) is 10.7. The lowest BCUT2D eigenvalue weighted by Crippen LogP contribution is -2.37. The maximum Gasteiger partial charge on any atom is 0.416 e. The number of nitrogens with one attached hydrogen (secondary N) is 1. The number of fused-ring (bicyclic) bond motifs is 1. The first-order chi connectivity index (χ1) is 16.2. The van der Waals surface area contributed by atoms with Crippen LogP contribution >= 0.6 is 0 Å². The van der Waals surface area contributed by atoms with Crippen molar-refractivity contribution in [3.8, 4) is 11.5 Å². The molecule has 2 aliphatic heterocycles. The minimum Gasteiger partial charge on any atom is -0.486 e. The monoisotopic (exact) mass is 480 g/mol. The number of carbonyl (C=O) groups excluding carboxylic acids is 2. The number of halogens is 3. The van der Waals surface area contributed by atoms with Crippen LogP contribution in [0.15, 0.2) is 36.4 Å². The molecule has 2 aliphatic rings. The number of carbonyl (C=O) groups is 2. The fourth-order valence-corrected chi connectivity index (χ4v) is 3.58. The number of hydrogen-bond donors (Lipinski definition) is 1. The van der Waals surface area contributed by atoms with Gasteiger partial charge in [0.05, 0.1) is 35.7 Å². The van der Waals surface area contributed by atoms with Gasteiger partial charge in [-0.2, -0.15) is 13.2 Å². The zero-order valence-electron chi connectivity index (χ0n) is 18.3. The van der Waals surface area contributed by atoms with E-state index in [1.54, 1.807) is 6.07 Å². The zero-order chi connectivity index (χ0) is 24.3. The highest BCUT2D eigenvalue weighted by Gasteiger charge is 2.32. The minimum atomic E-state index is -4.58. The Morgan fingerprint density at radius 3 is 2.41 bits per heavy atom. The minimum absolute atomic E-state index is 0.0241. The Labute approximate surface area is 193 Å². The van der Waals surface area contributed by atoms with Crippen LogP contribution in [0.4, 0.5) is 24.5 Å². The van der Waals surface area contributed by atoms with E-state index in [0.29, 0.717) is 56.7 Å². The van der Waals surface area contributed by atoms with E-state index in [9.17, 15) is 22.8 Å². The summed E-state index contributed by atoms with van der Waals surface area (Å²) in [7, 11) is 0. The zero-order valence-corrected chi connectivity index (χ0v) is 18.3. The summed E-state index contributed by atoms with van der Waals surface area (Å²) in [5, 5.41) is 2.48. The van der Waals surface area contributed by atoms with Crippen molar-refractivity contribution in [1.29, 1.82) is 0 Å². The van der Waals surface area contributed by atoms with E-state index < -0.39 is 29.7 Å². The van der Waals surface area contributed by atoms with E-state index >= 15 is 0 Å². The molecule has 2 aromatic rings. The molecule has 182 valence electrons. The average molecular weight is 480 g/mol. The van der Waals surface area contributed by atoms with Gasteiger partial charge in [0.15, 0.2) is 17.6 Å². The van der Waals surface area contributed by atoms with Gasteiger partial charge in [0.1, 0.15) is 13.2 Å². The molecule has 0 bridgehead atoms. The van der Waals surface area contributed by atoms with Crippen molar-refractivity contribution in [3.63, 3.8) is 0 Å². The molecular formula is C23H23F3N2O6. The van der Waals surface area contributed by atoms with Crippen molar-refractivity contribution in [2.24, 2.45) is 0 Å². The fourth-order valence-electron chi connectivity index (χ4n) is 3.58. The van der Waals surface area contributed by atoms with E-state index in [0.717, 1.165) is 12.1 Å². The summed E-state index contributed by atoms with van der Waals surface area (Å²) in [4.78, 5) is 27.1. The normalized spacial score (nSPS) is 16.5. The number of esters is 1. The molecule has 1 atom stereocenters. The summed E-state index contributed by atoms with van der Waals surface area (Å²) < 4.78 is 61.2. The van der Waals surface area contributed by atoms with Crippen LogP contribution in [0.3, 0.4) is 0 Å². The van der Waals surface area contributed by atoms with E-state index in [-0.39, 0.29) is 11.3 Å². The maximum atomic E-state index is 13.3. The Morgan fingerprint density at radius 2 is 1.71 bits per heavy atom. The lowest BCUT2D eigenvalue weighted by molar-refractivity contribution is -0.137.